The van der Waals surface area contributed by atoms with E-state index in [0.717, 1.165) is 29.8 Å². The van der Waals surface area contributed by atoms with Gasteiger partial charge in [0.25, 0.3) is 5.91 Å². The highest BCUT2D eigenvalue weighted by Crippen LogP contribution is 2.16. The first-order valence-corrected chi connectivity index (χ1v) is 10.2. The topological polar surface area (TPSA) is 98.7 Å². The first-order valence-electron chi connectivity index (χ1n) is 9.72. The van der Waals surface area contributed by atoms with Gasteiger partial charge < -0.3 is 10.4 Å². The van der Waals surface area contributed by atoms with Gasteiger partial charge in [-0.15, -0.1) is 0 Å². The van der Waals surface area contributed by atoms with Crippen LogP contribution in [0.1, 0.15) is 44.6 Å². The number of nitrogens with one attached hydrogen (secondary N) is 2. The third-order valence-corrected chi connectivity index (χ3v) is 5.21. The second-order valence-corrected chi connectivity index (χ2v) is 7.75. The van der Waals surface area contributed by atoms with Crippen molar-refractivity contribution < 1.29 is 19.5 Å². The van der Waals surface area contributed by atoms with Gasteiger partial charge in [-0.2, -0.15) is 12.6 Å². The predicted molar refractivity (Wildman–Crippen MR) is 110 cm³/mol. The summed E-state index contributed by atoms with van der Waals surface area (Å²) in [4.78, 5) is 36.5. The average molecular weight is 408 g/mol. The summed E-state index contributed by atoms with van der Waals surface area (Å²) >= 11 is 4.39. The Morgan fingerprint density at radius 2 is 2.04 bits per heavy atom. The Kier molecular flexibility index (Phi) is 8.79. The van der Waals surface area contributed by atoms with Crippen LogP contribution in [0.4, 0.5) is 0 Å². The van der Waals surface area contributed by atoms with Gasteiger partial charge in [0.2, 0.25) is 5.91 Å². The van der Waals surface area contributed by atoms with E-state index in [1.54, 1.807) is 0 Å². The molecule has 2 amide bonds. The molecule has 0 unspecified atom stereocenters. The standard InChI is InChI=1S/C20H29N3O4S/c1-2-3-9-15-10-11-16(20(27)23(22-15)13-18(24)25)21-19(26)17(28)12-14-7-5-4-6-8-14/h4-8,15-17,22,28H,2-3,9-13H2,1H3,(H,21,26)(H,24,25)/t15-,16-,17-/m0/s1. The van der Waals surface area contributed by atoms with Gasteiger partial charge in [-0.3, -0.25) is 19.4 Å². The van der Waals surface area contributed by atoms with Gasteiger partial charge in [0, 0.05) is 6.04 Å². The Morgan fingerprint density at radius 3 is 2.68 bits per heavy atom. The minimum atomic E-state index is -1.10. The van der Waals surface area contributed by atoms with E-state index in [-0.39, 0.29) is 11.9 Å². The van der Waals surface area contributed by atoms with Crippen LogP contribution in [-0.2, 0) is 20.8 Å². The molecule has 1 heterocycles. The normalized spacial score (nSPS) is 21.1. The van der Waals surface area contributed by atoms with Crippen LogP contribution in [0.15, 0.2) is 30.3 Å². The number of hydrogen-bond donors (Lipinski definition) is 4. The number of rotatable bonds is 9. The van der Waals surface area contributed by atoms with Gasteiger partial charge in [-0.05, 0) is 31.2 Å². The maximum Gasteiger partial charge on any atom is 0.324 e. The lowest BCUT2D eigenvalue weighted by Gasteiger charge is -2.26. The fourth-order valence-electron chi connectivity index (χ4n) is 3.28. The lowest BCUT2D eigenvalue weighted by Crippen LogP contribution is -2.55. The maximum absolute atomic E-state index is 12.8. The summed E-state index contributed by atoms with van der Waals surface area (Å²) in [7, 11) is 0. The molecule has 1 aromatic carbocycles. The van der Waals surface area contributed by atoms with Crippen LogP contribution < -0.4 is 10.7 Å². The molecule has 1 fully saturated rings. The fourth-order valence-corrected chi connectivity index (χ4v) is 3.56. The SMILES string of the molecule is CCCC[C@H]1CC[C@H](NC(=O)[C@@H](S)Cc2ccccc2)C(=O)N(CC(=O)O)N1. The van der Waals surface area contributed by atoms with E-state index in [4.69, 9.17) is 5.11 Å². The van der Waals surface area contributed by atoms with Gasteiger partial charge in [0.05, 0.1) is 5.25 Å². The van der Waals surface area contributed by atoms with E-state index >= 15 is 0 Å². The van der Waals surface area contributed by atoms with E-state index in [9.17, 15) is 14.4 Å². The number of benzene rings is 1. The number of carbonyl (C=O) groups is 3. The summed E-state index contributed by atoms with van der Waals surface area (Å²) in [5.41, 5.74) is 4.02. The van der Waals surface area contributed by atoms with Crippen molar-refractivity contribution in [1.82, 2.24) is 15.8 Å². The fraction of sp³-hybridized carbons (Fsp3) is 0.550. The first kappa shape index (κ1) is 22.2. The molecule has 0 spiro atoms. The average Bonchev–Trinajstić information content (AvgIpc) is 2.80. The number of carboxylic acid groups (broad SMARTS) is 1. The number of hydrogen-bond acceptors (Lipinski definition) is 5. The largest absolute Gasteiger partial charge is 0.480 e. The summed E-state index contributed by atoms with van der Waals surface area (Å²) in [5, 5.41) is 12.4. The van der Waals surface area contributed by atoms with E-state index in [0.29, 0.717) is 19.3 Å². The lowest BCUT2D eigenvalue weighted by molar-refractivity contribution is -0.148. The van der Waals surface area contributed by atoms with Gasteiger partial charge in [-0.25, -0.2) is 5.43 Å². The summed E-state index contributed by atoms with van der Waals surface area (Å²) in [6, 6.07) is 8.80. The highest BCUT2D eigenvalue weighted by atomic mass is 32.1. The zero-order chi connectivity index (χ0) is 20.5. The lowest BCUT2D eigenvalue weighted by atomic mass is 10.0. The Hall–Kier alpha value is -2.06. The highest BCUT2D eigenvalue weighted by Gasteiger charge is 2.33. The van der Waals surface area contributed by atoms with E-state index in [1.807, 2.05) is 30.3 Å². The van der Waals surface area contributed by atoms with Crippen LogP contribution in [0.25, 0.3) is 0 Å². The number of unbranched alkanes of at least 4 members (excludes halogenated alkanes) is 1. The van der Waals surface area contributed by atoms with E-state index in [2.05, 4.69) is 30.3 Å². The van der Waals surface area contributed by atoms with Crippen molar-refractivity contribution in [3.8, 4) is 0 Å². The Morgan fingerprint density at radius 1 is 1.32 bits per heavy atom. The van der Waals surface area contributed by atoms with E-state index < -0.39 is 29.7 Å². The van der Waals surface area contributed by atoms with Gasteiger partial charge in [0.15, 0.2) is 0 Å². The third-order valence-electron chi connectivity index (χ3n) is 4.80. The van der Waals surface area contributed by atoms with Crippen LogP contribution in [0, 0.1) is 0 Å². The van der Waals surface area contributed by atoms with Crippen LogP contribution in [0.5, 0.6) is 0 Å². The second-order valence-electron chi connectivity index (χ2n) is 7.13. The Labute approximate surface area is 171 Å². The number of hydrazine groups is 1. The van der Waals surface area contributed by atoms with Gasteiger partial charge in [-0.1, -0.05) is 50.1 Å². The zero-order valence-electron chi connectivity index (χ0n) is 16.1. The van der Waals surface area contributed by atoms with E-state index in [1.165, 1.54) is 0 Å². The van der Waals surface area contributed by atoms with Crippen LogP contribution in [-0.4, -0.2) is 51.8 Å². The highest BCUT2D eigenvalue weighted by molar-refractivity contribution is 7.81. The molecule has 1 saturated heterocycles. The minimum Gasteiger partial charge on any atom is -0.480 e. The molecular weight excluding hydrogens is 378 g/mol. The Bertz CT molecular complexity index is 671. The molecular formula is C20H29N3O4S. The number of thiol groups is 1. The second kappa shape index (κ2) is 11.1. The van der Waals surface area contributed by atoms with Gasteiger partial charge >= 0.3 is 5.97 Å². The number of amides is 2. The zero-order valence-corrected chi connectivity index (χ0v) is 17.0. The smallest absolute Gasteiger partial charge is 0.324 e. The quantitative estimate of drug-likeness (QED) is 0.468. The molecule has 3 atom stereocenters. The first-order chi connectivity index (χ1) is 13.4. The van der Waals surface area contributed by atoms with Crippen LogP contribution >= 0.6 is 12.6 Å². The molecule has 1 aromatic rings. The molecule has 2 rings (SSSR count). The molecule has 0 aromatic heterocycles. The number of carbonyl (C=O) groups excluding carboxylic acids is 2. The third kappa shape index (κ3) is 6.83. The summed E-state index contributed by atoms with van der Waals surface area (Å²) < 4.78 is 0. The summed E-state index contributed by atoms with van der Waals surface area (Å²) in [6.45, 7) is 1.64. The molecule has 1 aliphatic heterocycles. The van der Waals surface area contributed by atoms with Crippen molar-refractivity contribution >= 4 is 30.4 Å². The van der Waals surface area contributed by atoms with Crippen molar-refractivity contribution in [2.45, 2.75) is 62.8 Å². The molecule has 0 aliphatic carbocycles. The predicted octanol–water partition coefficient (Wildman–Crippen LogP) is 1.78. The van der Waals surface area contributed by atoms with Crippen LogP contribution in [0.2, 0.25) is 0 Å². The molecule has 0 bridgehead atoms. The van der Waals surface area contributed by atoms with Gasteiger partial charge in [0.1, 0.15) is 12.6 Å². The minimum absolute atomic E-state index is 0.0151. The number of nitrogens with zero attached hydrogens (tertiary/aromatic N) is 1. The number of carboxylic acids is 1. The van der Waals surface area contributed by atoms with Crippen molar-refractivity contribution in [2.24, 2.45) is 0 Å². The van der Waals surface area contributed by atoms with Crippen molar-refractivity contribution in [2.75, 3.05) is 6.54 Å². The van der Waals surface area contributed by atoms with Crippen molar-refractivity contribution in [3.05, 3.63) is 35.9 Å². The molecule has 7 nitrogen and oxygen atoms in total. The maximum atomic E-state index is 12.8. The molecule has 0 saturated carbocycles. The molecule has 8 heteroatoms. The molecule has 0 radical (unpaired) electrons. The monoisotopic (exact) mass is 407 g/mol. The van der Waals surface area contributed by atoms with Crippen LogP contribution in [0.3, 0.4) is 0 Å². The van der Waals surface area contributed by atoms with Crippen molar-refractivity contribution in [3.63, 3.8) is 0 Å². The number of aliphatic carboxylic acids is 1. The molecule has 154 valence electrons. The summed E-state index contributed by atoms with van der Waals surface area (Å²) in [6.07, 6.45) is 4.46. The Balaban J connectivity index is 2.02. The summed E-state index contributed by atoms with van der Waals surface area (Å²) in [5.74, 6) is -1.85. The molecule has 3 N–H and O–H groups in total. The van der Waals surface area contributed by atoms with Crippen molar-refractivity contribution in [1.29, 1.82) is 0 Å². The molecule has 28 heavy (non-hydrogen) atoms. The molecule has 1 aliphatic rings.